The van der Waals surface area contributed by atoms with Crippen molar-refractivity contribution in [3.05, 3.63) is 36.4 Å². The van der Waals surface area contributed by atoms with Crippen molar-refractivity contribution in [3.63, 3.8) is 0 Å². The van der Waals surface area contributed by atoms with Crippen LogP contribution in [-0.2, 0) is 5.41 Å². The van der Waals surface area contributed by atoms with Crippen LogP contribution in [-0.4, -0.2) is 21.6 Å². The normalized spacial score (nSPS) is 33.4. The first-order valence-corrected chi connectivity index (χ1v) is 9.05. The molecule has 1 saturated carbocycles. The number of anilines is 1. The van der Waals surface area contributed by atoms with Crippen molar-refractivity contribution in [1.82, 2.24) is 9.88 Å². The molecule has 0 spiro atoms. The number of pyridine rings is 1. The maximum atomic E-state index is 4.39. The van der Waals surface area contributed by atoms with Crippen LogP contribution in [0.2, 0.25) is 0 Å². The van der Waals surface area contributed by atoms with Crippen molar-refractivity contribution in [2.75, 3.05) is 4.90 Å². The summed E-state index contributed by atoms with van der Waals surface area (Å²) < 4.78 is 0. The summed E-state index contributed by atoms with van der Waals surface area (Å²) in [6, 6.07) is 2.24. The fourth-order valence-corrected chi connectivity index (χ4v) is 4.90. The molecule has 23 heavy (non-hydrogen) atoms. The van der Waals surface area contributed by atoms with E-state index in [-0.39, 0.29) is 5.54 Å². The van der Waals surface area contributed by atoms with Crippen LogP contribution in [0.4, 0.5) is 5.69 Å². The Morgan fingerprint density at radius 3 is 2.57 bits per heavy atom. The summed E-state index contributed by atoms with van der Waals surface area (Å²) in [6.07, 6.45) is 11.4. The molecule has 2 aliphatic heterocycles. The molecule has 0 N–H and O–H groups in total. The summed E-state index contributed by atoms with van der Waals surface area (Å²) in [6.45, 7) is 15.7. The second-order valence-electron chi connectivity index (χ2n) is 8.08. The molecule has 0 bridgehead atoms. The monoisotopic (exact) mass is 313 g/mol. The molecular weight excluding hydrogens is 282 g/mol. The molecule has 1 fully saturated rings. The van der Waals surface area contributed by atoms with Crippen LogP contribution >= 0.6 is 0 Å². The highest BCUT2D eigenvalue weighted by Crippen LogP contribution is 2.74. The molecule has 3 atom stereocenters. The van der Waals surface area contributed by atoms with Crippen LogP contribution in [0.1, 0.15) is 66.9 Å². The highest BCUT2D eigenvalue weighted by molar-refractivity contribution is 5.67. The lowest BCUT2D eigenvalue weighted by atomic mass is 9.78. The number of hydrogen-bond donors (Lipinski definition) is 0. The van der Waals surface area contributed by atoms with Crippen LogP contribution in [0, 0.1) is 5.41 Å². The predicted octanol–water partition coefficient (Wildman–Crippen LogP) is 4.90. The fraction of sp³-hybridized carbons (Fsp3) is 0.650. The van der Waals surface area contributed by atoms with Crippen molar-refractivity contribution in [1.29, 1.82) is 0 Å². The van der Waals surface area contributed by atoms with Gasteiger partial charge in [-0.15, -0.1) is 0 Å². The average molecular weight is 313 g/mol. The Kier molecular flexibility index (Phi) is 3.55. The predicted molar refractivity (Wildman–Crippen MR) is 97.3 cm³/mol. The lowest BCUT2D eigenvalue weighted by Crippen LogP contribution is -2.55. The summed E-state index contributed by atoms with van der Waals surface area (Å²) in [4.78, 5) is 9.39. The Morgan fingerprint density at radius 1 is 1.26 bits per heavy atom. The van der Waals surface area contributed by atoms with Gasteiger partial charge in [0.15, 0.2) is 0 Å². The Labute approximate surface area is 141 Å². The maximum Gasteiger partial charge on any atom is 0.112 e. The van der Waals surface area contributed by atoms with Crippen LogP contribution < -0.4 is 4.90 Å². The highest BCUT2D eigenvalue weighted by atomic mass is 15.4. The summed E-state index contributed by atoms with van der Waals surface area (Å²) in [5, 5.41) is 0. The molecule has 3 unspecified atom stereocenters. The van der Waals surface area contributed by atoms with Gasteiger partial charge in [0.1, 0.15) is 6.17 Å². The van der Waals surface area contributed by atoms with E-state index in [1.54, 1.807) is 0 Å². The molecule has 0 saturated heterocycles. The van der Waals surface area contributed by atoms with Crippen LogP contribution in [0.15, 0.2) is 30.9 Å². The van der Waals surface area contributed by atoms with Crippen molar-refractivity contribution < 1.29 is 0 Å². The standard InChI is InChI=1S/C18H25N3.C2H6/c1-6-18-12-17(18,5)15-20(9-10-21(15)16(2,3)4)14-11-19-8-7-13(14)18;1-2/h7-11,15H,6,12H2,1-5H3;1-2H3. The van der Waals surface area contributed by atoms with Crippen LogP contribution in [0.3, 0.4) is 0 Å². The second kappa shape index (κ2) is 4.99. The SMILES string of the molecule is CC.CCC12CC1(C)C1N(C=CN1C(C)(C)C)c1cnccc12. The van der Waals surface area contributed by atoms with E-state index in [0.29, 0.717) is 17.0 Å². The molecule has 0 aromatic carbocycles. The molecule has 1 aliphatic carbocycles. The summed E-state index contributed by atoms with van der Waals surface area (Å²) in [7, 11) is 0. The summed E-state index contributed by atoms with van der Waals surface area (Å²) >= 11 is 0. The Bertz CT molecular complexity index is 630. The zero-order valence-corrected chi connectivity index (χ0v) is 15.7. The molecule has 126 valence electrons. The molecule has 3 aliphatic rings. The van der Waals surface area contributed by atoms with Crippen molar-refractivity contribution >= 4 is 5.69 Å². The topological polar surface area (TPSA) is 19.4 Å². The van der Waals surface area contributed by atoms with E-state index >= 15 is 0 Å². The number of fused-ring (bicyclic) bond motifs is 6. The van der Waals surface area contributed by atoms with Crippen molar-refractivity contribution in [2.24, 2.45) is 5.41 Å². The van der Waals surface area contributed by atoms with Gasteiger partial charge >= 0.3 is 0 Å². The van der Waals surface area contributed by atoms with Gasteiger partial charge in [-0.05, 0) is 45.2 Å². The quantitative estimate of drug-likeness (QED) is 0.735. The van der Waals surface area contributed by atoms with Gasteiger partial charge in [0.25, 0.3) is 0 Å². The Balaban J connectivity index is 0.000000753. The van der Waals surface area contributed by atoms with Crippen LogP contribution in [0.25, 0.3) is 0 Å². The first kappa shape index (κ1) is 16.4. The van der Waals surface area contributed by atoms with E-state index < -0.39 is 0 Å². The van der Waals surface area contributed by atoms with Gasteiger partial charge in [-0.3, -0.25) is 4.98 Å². The minimum Gasteiger partial charge on any atom is -0.350 e. The van der Waals surface area contributed by atoms with E-state index in [1.807, 2.05) is 26.2 Å². The zero-order valence-electron chi connectivity index (χ0n) is 15.7. The molecule has 0 radical (unpaired) electrons. The number of nitrogens with zero attached hydrogens (tertiary/aromatic N) is 3. The van der Waals surface area contributed by atoms with Gasteiger partial charge < -0.3 is 9.80 Å². The zero-order chi connectivity index (χ0) is 17.0. The van der Waals surface area contributed by atoms with E-state index in [2.05, 4.69) is 67.9 Å². The van der Waals surface area contributed by atoms with Crippen molar-refractivity contribution in [3.8, 4) is 0 Å². The molecule has 1 aromatic heterocycles. The fourth-order valence-electron chi connectivity index (χ4n) is 4.90. The number of rotatable bonds is 1. The highest BCUT2D eigenvalue weighted by Gasteiger charge is 2.73. The van der Waals surface area contributed by atoms with E-state index in [0.717, 1.165) is 0 Å². The molecule has 3 heteroatoms. The lowest BCUT2D eigenvalue weighted by Gasteiger charge is -2.49. The van der Waals surface area contributed by atoms with Gasteiger partial charge in [0, 0.05) is 35.0 Å². The van der Waals surface area contributed by atoms with Gasteiger partial charge in [0.05, 0.1) is 11.9 Å². The van der Waals surface area contributed by atoms with Gasteiger partial charge in [0.2, 0.25) is 0 Å². The smallest absolute Gasteiger partial charge is 0.112 e. The third kappa shape index (κ3) is 1.91. The van der Waals surface area contributed by atoms with Gasteiger partial charge in [-0.1, -0.05) is 27.7 Å². The molecular formula is C20H31N3. The summed E-state index contributed by atoms with van der Waals surface area (Å²) in [5.74, 6) is 0. The van der Waals surface area contributed by atoms with Gasteiger partial charge in [-0.2, -0.15) is 0 Å². The molecule has 1 aromatic rings. The maximum absolute atomic E-state index is 4.39. The largest absolute Gasteiger partial charge is 0.350 e. The van der Waals surface area contributed by atoms with E-state index in [4.69, 9.17) is 0 Å². The minimum absolute atomic E-state index is 0.140. The Morgan fingerprint density at radius 2 is 1.96 bits per heavy atom. The van der Waals surface area contributed by atoms with E-state index in [9.17, 15) is 0 Å². The summed E-state index contributed by atoms with van der Waals surface area (Å²) in [5.41, 5.74) is 3.61. The Hall–Kier alpha value is -1.51. The average Bonchev–Trinajstić information content (AvgIpc) is 2.94. The molecule has 0 amide bonds. The van der Waals surface area contributed by atoms with Crippen LogP contribution in [0.5, 0.6) is 0 Å². The first-order chi connectivity index (χ1) is 10.9. The molecule has 3 nitrogen and oxygen atoms in total. The molecule has 3 heterocycles. The molecule has 4 rings (SSSR count). The van der Waals surface area contributed by atoms with Crippen molar-refractivity contribution in [2.45, 2.75) is 78.4 Å². The first-order valence-electron chi connectivity index (χ1n) is 9.05. The second-order valence-corrected chi connectivity index (χ2v) is 8.08. The minimum atomic E-state index is 0.140. The third-order valence-electron chi connectivity index (χ3n) is 6.09. The third-order valence-corrected chi connectivity index (χ3v) is 6.09. The number of aromatic nitrogens is 1. The van der Waals surface area contributed by atoms with E-state index in [1.165, 1.54) is 24.1 Å². The lowest BCUT2D eigenvalue weighted by molar-refractivity contribution is 0.0992. The number of hydrogen-bond acceptors (Lipinski definition) is 3. The van der Waals surface area contributed by atoms with Gasteiger partial charge in [-0.25, -0.2) is 0 Å².